The van der Waals surface area contributed by atoms with Crippen molar-refractivity contribution >= 4 is 11.5 Å². The molecule has 0 radical (unpaired) electrons. The van der Waals surface area contributed by atoms with Crippen molar-refractivity contribution in [2.24, 2.45) is 0 Å². The lowest BCUT2D eigenvalue weighted by molar-refractivity contribution is 0.405. The second kappa shape index (κ2) is 5.09. The van der Waals surface area contributed by atoms with E-state index in [4.69, 9.17) is 15.2 Å². The molecule has 1 heterocycles. The van der Waals surface area contributed by atoms with Crippen LogP contribution in [0, 0.1) is 0 Å². The fourth-order valence-corrected chi connectivity index (χ4v) is 1.95. The zero-order valence-electron chi connectivity index (χ0n) is 11.5. The molecule has 0 unspecified atom stereocenters. The third-order valence-electron chi connectivity index (χ3n) is 2.94. The van der Waals surface area contributed by atoms with Crippen LogP contribution < -0.4 is 20.1 Å². The van der Waals surface area contributed by atoms with Gasteiger partial charge >= 0.3 is 0 Å². The van der Waals surface area contributed by atoms with Gasteiger partial charge in [-0.15, -0.1) is 0 Å². The van der Waals surface area contributed by atoms with Crippen molar-refractivity contribution in [2.45, 2.75) is 0 Å². The Balaban J connectivity index is 2.64. The number of nitrogens with two attached hydrogens (primary N) is 1. The molecule has 0 spiro atoms. The number of H-pyrrole nitrogens is 1. The van der Waals surface area contributed by atoms with Crippen LogP contribution in [-0.4, -0.2) is 38.5 Å². The minimum absolute atomic E-state index is 0.498. The zero-order chi connectivity index (χ0) is 14.0. The number of benzene rings is 1. The van der Waals surface area contributed by atoms with Crippen LogP contribution in [0.4, 0.5) is 11.5 Å². The number of nitrogens with one attached hydrogen (secondary N) is 1. The number of ether oxygens (including phenoxy) is 2. The highest BCUT2D eigenvalue weighted by Gasteiger charge is 2.16. The number of nitrogen functional groups attached to an aromatic ring is 1. The van der Waals surface area contributed by atoms with Crippen LogP contribution in [0.5, 0.6) is 11.5 Å². The lowest BCUT2D eigenvalue weighted by atomic mass is 10.1. The zero-order valence-corrected chi connectivity index (χ0v) is 11.5. The van der Waals surface area contributed by atoms with E-state index >= 15 is 0 Å². The van der Waals surface area contributed by atoms with Crippen molar-refractivity contribution in [3.8, 4) is 22.6 Å². The summed E-state index contributed by atoms with van der Waals surface area (Å²) >= 11 is 0. The van der Waals surface area contributed by atoms with Gasteiger partial charge in [0.1, 0.15) is 17.3 Å². The van der Waals surface area contributed by atoms with Crippen molar-refractivity contribution in [3.63, 3.8) is 0 Å². The number of rotatable bonds is 4. The standard InChI is InChI=1S/C13H18N4O2/c1-17(2)10-6-11(18-3)8(5-12(10)19-4)9-7-15-16-13(9)14/h5-7H,1-4H3,(H3,14,15,16). The Kier molecular flexibility index (Phi) is 3.50. The van der Waals surface area contributed by atoms with Gasteiger partial charge in [-0.2, -0.15) is 5.10 Å². The van der Waals surface area contributed by atoms with E-state index in [0.717, 1.165) is 28.3 Å². The Labute approximate surface area is 112 Å². The third-order valence-corrected chi connectivity index (χ3v) is 2.94. The molecule has 0 aliphatic rings. The van der Waals surface area contributed by atoms with Gasteiger partial charge in [0.05, 0.1) is 26.1 Å². The molecular weight excluding hydrogens is 244 g/mol. The molecule has 102 valence electrons. The number of methoxy groups -OCH3 is 2. The summed E-state index contributed by atoms with van der Waals surface area (Å²) < 4.78 is 10.9. The van der Waals surface area contributed by atoms with Gasteiger partial charge in [-0.1, -0.05) is 0 Å². The average molecular weight is 262 g/mol. The first-order valence-corrected chi connectivity index (χ1v) is 5.81. The van der Waals surface area contributed by atoms with Crippen LogP contribution in [0.2, 0.25) is 0 Å². The third kappa shape index (κ3) is 2.29. The van der Waals surface area contributed by atoms with Crippen LogP contribution in [0.3, 0.4) is 0 Å². The first-order valence-electron chi connectivity index (χ1n) is 5.81. The van der Waals surface area contributed by atoms with Crippen LogP contribution in [-0.2, 0) is 0 Å². The van der Waals surface area contributed by atoms with Gasteiger partial charge in [-0.3, -0.25) is 5.10 Å². The number of nitrogens with zero attached hydrogens (tertiary/aromatic N) is 2. The van der Waals surface area contributed by atoms with Crippen LogP contribution in [0.1, 0.15) is 0 Å². The van der Waals surface area contributed by atoms with E-state index in [2.05, 4.69) is 10.2 Å². The molecule has 1 aromatic heterocycles. The average Bonchev–Trinajstić information content (AvgIpc) is 2.83. The highest BCUT2D eigenvalue weighted by molar-refractivity contribution is 5.82. The fourth-order valence-electron chi connectivity index (χ4n) is 1.95. The molecule has 0 saturated heterocycles. The number of aromatic nitrogens is 2. The molecule has 6 heteroatoms. The fraction of sp³-hybridized carbons (Fsp3) is 0.308. The van der Waals surface area contributed by atoms with Gasteiger partial charge in [0, 0.05) is 31.3 Å². The minimum atomic E-state index is 0.498. The SMILES string of the molecule is COc1cc(N(C)C)c(OC)cc1-c1cn[nH]c1N. The number of hydrogen-bond acceptors (Lipinski definition) is 5. The van der Waals surface area contributed by atoms with Crippen LogP contribution in [0.15, 0.2) is 18.3 Å². The quantitative estimate of drug-likeness (QED) is 0.877. The van der Waals surface area contributed by atoms with Crippen molar-refractivity contribution in [1.82, 2.24) is 10.2 Å². The van der Waals surface area contributed by atoms with E-state index in [1.165, 1.54) is 0 Å². The molecule has 0 fully saturated rings. The summed E-state index contributed by atoms with van der Waals surface area (Å²) in [6.45, 7) is 0. The first kappa shape index (κ1) is 13.1. The Bertz CT molecular complexity index is 578. The number of aromatic amines is 1. The molecule has 3 N–H and O–H groups in total. The summed E-state index contributed by atoms with van der Waals surface area (Å²) in [4.78, 5) is 1.96. The minimum Gasteiger partial charge on any atom is -0.496 e. The lowest BCUT2D eigenvalue weighted by Gasteiger charge is -2.19. The second-order valence-electron chi connectivity index (χ2n) is 4.32. The Hall–Kier alpha value is -2.37. The highest BCUT2D eigenvalue weighted by atomic mass is 16.5. The van der Waals surface area contributed by atoms with Crippen molar-refractivity contribution in [2.75, 3.05) is 38.9 Å². The van der Waals surface area contributed by atoms with Gasteiger partial charge in [-0.25, -0.2) is 0 Å². The van der Waals surface area contributed by atoms with Gasteiger partial charge in [-0.05, 0) is 6.07 Å². The van der Waals surface area contributed by atoms with Gasteiger partial charge in [0.25, 0.3) is 0 Å². The van der Waals surface area contributed by atoms with E-state index in [1.54, 1.807) is 20.4 Å². The smallest absolute Gasteiger partial charge is 0.143 e. The predicted octanol–water partition coefficient (Wildman–Crippen LogP) is 1.74. The first-order chi connectivity index (χ1) is 9.08. The van der Waals surface area contributed by atoms with Gasteiger partial charge < -0.3 is 20.1 Å². The van der Waals surface area contributed by atoms with E-state index in [1.807, 2.05) is 31.1 Å². The van der Waals surface area contributed by atoms with E-state index < -0.39 is 0 Å². The Morgan fingerprint density at radius 3 is 2.26 bits per heavy atom. The van der Waals surface area contributed by atoms with Gasteiger partial charge in [0.15, 0.2) is 0 Å². The Morgan fingerprint density at radius 1 is 1.11 bits per heavy atom. The van der Waals surface area contributed by atoms with E-state index in [-0.39, 0.29) is 0 Å². The largest absolute Gasteiger partial charge is 0.496 e. The number of anilines is 2. The topological polar surface area (TPSA) is 76.4 Å². The van der Waals surface area contributed by atoms with Crippen molar-refractivity contribution in [1.29, 1.82) is 0 Å². The molecule has 0 bridgehead atoms. The molecule has 19 heavy (non-hydrogen) atoms. The van der Waals surface area contributed by atoms with Crippen LogP contribution in [0.25, 0.3) is 11.1 Å². The lowest BCUT2D eigenvalue weighted by Crippen LogP contribution is -2.10. The summed E-state index contributed by atoms with van der Waals surface area (Å²) in [6, 6.07) is 3.82. The number of hydrogen-bond donors (Lipinski definition) is 2. The summed E-state index contributed by atoms with van der Waals surface area (Å²) in [6.07, 6.45) is 1.67. The Morgan fingerprint density at radius 2 is 1.79 bits per heavy atom. The van der Waals surface area contributed by atoms with Crippen LogP contribution >= 0.6 is 0 Å². The molecular formula is C13H18N4O2. The normalized spacial score (nSPS) is 10.3. The van der Waals surface area contributed by atoms with Gasteiger partial charge in [0.2, 0.25) is 0 Å². The molecule has 2 rings (SSSR count). The maximum atomic E-state index is 5.86. The molecule has 0 saturated carbocycles. The maximum Gasteiger partial charge on any atom is 0.143 e. The molecule has 0 atom stereocenters. The van der Waals surface area contributed by atoms with E-state index in [9.17, 15) is 0 Å². The summed E-state index contributed by atoms with van der Waals surface area (Å²) in [7, 11) is 7.16. The summed E-state index contributed by atoms with van der Waals surface area (Å²) in [5, 5.41) is 6.64. The monoisotopic (exact) mass is 262 g/mol. The second-order valence-corrected chi connectivity index (χ2v) is 4.32. The predicted molar refractivity (Wildman–Crippen MR) is 75.9 cm³/mol. The van der Waals surface area contributed by atoms with Crippen molar-refractivity contribution < 1.29 is 9.47 Å². The molecule has 0 amide bonds. The van der Waals surface area contributed by atoms with E-state index in [0.29, 0.717) is 5.82 Å². The van der Waals surface area contributed by atoms with Crippen molar-refractivity contribution in [3.05, 3.63) is 18.3 Å². The molecule has 2 aromatic rings. The molecule has 0 aliphatic heterocycles. The molecule has 1 aromatic carbocycles. The maximum absolute atomic E-state index is 5.86. The molecule has 6 nitrogen and oxygen atoms in total. The summed E-state index contributed by atoms with van der Waals surface area (Å²) in [5.74, 6) is 1.97. The molecule has 0 aliphatic carbocycles. The summed E-state index contributed by atoms with van der Waals surface area (Å²) in [5.41, 5.74) is 8.43. The highest BCUT2D eigenvalue weighted by Crippen LogP contribution is 2.41.